The average Bonchev–Trinajstić information content (AvgIpc) is 2.42. The summed E-state index contributed by atoms with van der Waals surface area (Å²) in [6.45, 7) is 0.194. The van der Waals surface area contributed by atoms with Crippen molar-refractivity contribution in [2.75, 3.05) is 12.3 Å². The lowest BCUT2D eigenvalue weighted by Crippen LogP contribution is -2.37. The molecule has 0 aromatic heterocycles. The van der Waals surface area contributed by atoms with Gasteiger partial charge in [0.25, 0.3) is 17.8 Å². The van der Waals surface area contributed by atoms with Crippen LogP contribution in [0.5, 0.6) is 0 Å². The monoisotopic (exact) mass is 421 g/mol. The zero-order chi connectivity index (χ0) is 21.0. The Kier molecular flexibility index (Phi) is 8.51. The van der Waals surface area contributed by atoms with Crippen molar-refractivity contribution in [3.05, 3.63) is 11.4 Å². The number of alkyl halides is 9. The molecule has 0 bridgehead atoms. The largest absolute Gasteiger partial charge is 0.415 e. The van der Waals surface area contributed by atoms with E-state index in [-0.39, 0.29) is 12.7 Å². The fourth-order valence-corrected chi connectivity index (χ4v) is 1.92. The van der Waals surface area contributed by atoms with E-state index in [9.17, 15) is 43.9 Å². The Hall–Kier alpha value is -0.940. The van der Waals surface area contributed by atoms with Crippen LogP contribution in [0, 0.1) is 0 Å². The lowest BCUT2D eigenvalue weighted by atomic mass is 9.97. The van der Waals surface area contributed by atoms with Crippen LogP contribution in [0.3, 0.4) is 0 Å². The van der Waals surface area contributed by atoms with E-state index >= 15 is 0 Å². The molecule has 12 heteroatoms. The first-order valence-corrected chi connectivity index (χ1v) is 7.85. The van der Waals surface area contributed by atoms with Crippen LogP contribution in [-0.2, 0) is 0 Å². The maximum absolute atomic E-state index is 14.0. The van der Waals surface area contributed by atoms with Gasteiger partial charge in [0.05, 0.1) is 17.7 Å². The van der Waals surface area contributed by atoms with E-state index in [2.05, 4.69) is 17.6 Å². The van der Waals surface area contributed by atoms with E-state index in [1.165, 1.54) is 0 Å². The lowest BCUT2D eigenvalue weighted by molar-refractivity contribution is -0.101. The van der Waals surface area contributed by atoms with Gasteiger partial charge in [-0.25, -0.2) is 13.2 Å². The number of hydrogen-bond donors (Lipinski definition) is 1. The molecule has 0 N–H and O–H groups in total. The predicted octanol–water partition coefficient (Wildman–Crippen LogP) is 6.26. The van der Waals surface area contributed by atoms with E-state index in [0.717, 1.165) is 0 Å². The maximum Gasteiger partial charge on any atom is 0.415 e. The molecular formula is C14H17F10NS. The van der Waals surface area contributed by atoms with Gasteiger partial charge in [0.15, 0.2) is 5.83 Å². The van der Waals surface area contributed by atoms with Crippen molar-refractivity contribution in [1.29, 1.82) is 0 Å². The van der Waals surface area contributed by atoms with Gasteiger partial charge in [0.1, 0.15) is 0 Å². The molecule has 0 unspecified atom stereocenters. The van der Waals surface area contributed by atoms with Crippen LogP contribution in [0.1, 0.15) is 33.1 Å². The summed E-state index contributed by atoms with van der Waals surface area (Å²) >= 11 is 3.60. The molecule has 0 aliphatic heterocycles. The Morgan fingerprint density at radius 1 is 0.923 bits per heavy atom. The third-order valence-electron chi connectivity index (χ3n) is 3.07. The van der Waals surface area contributed by atoms with Gasteiger partial charge in [-0.3, -0.25) is 4.99 Å². The molecule has 0 aliphatic carbocycles. The summed E-state index contributed by atoms with van der Waals surface area (Å²) in [5.74, 6) is -16.3. The molecule has 0 rings (SSSR count). The highest BCUT2D eigenvalue weighted by molar-refractivity contribution is 7.80. The van der Waals surface area contributed by atoms with Crippen LogP contribution >= 0.6 is 12.6 Å². The molecule has 0 aromatic rings. The predicted molar refractivity (Wildman–Crippen MR) is 80.4 cm³/mol. The van der Waals surface area contributed by atoms with Crippen LogP contribution in [-0.4, -0.2) is 42.0 Å². The van der Waals surface area contributed by atoms with Crippen LogP contribution in [0.2, 0.25) is 0 Å². The number of nitrogens with zero attached hydrogens (tertiary/aromatic N) is 1. The van der Waals surface area contributed by atoms with E-state index < -0.39 is 66.9 Å². The van der Waals surface area contributed by atoms with E-state index in [1.807, 2.05) is 0 Å². The summed E-state index contributed by atoms with van der Waals surface area (Å²) in [5.41, 5.74) is -4.34. The molecule has 1 nitrogen and oxygen atoms in total. The number of allylic oxidation sites excluding steroid dienone is 2. The SMILES string of the molecule is CCC(F)(F)/C(F)=C(\CC(=NCCS)C(F)(F)CC(C)(F)F)C(F)(F)F. The molecule has 0 aromatic carbocycles. The molecule has 0 atom stereocenters. The van der Waals surface area contributed by atoms with Crippen molar-refractivity contribution < 1.29 is 43.9 Å². The smallest absolute Gasteiger partial charge is 0.287 e. The maximum atomic E-state index is 14.0. The summed E-state index contributed by atoms with van der Waals surface area (Å²) in [7, 11) is 0. The molecule has 0 saturated carbocycles. The molecule has 0 spiro atoms. The fourth-order valence-electron chi connectivity index (χ4n) is 1.82. The van der Waals surface area contributed by atoms with Gasteiger partial charge in [0, 0.05) is 25.1 Å². The Labute approximate surface area is 148 Å². The number of halogens is 10. The van der Waals surface area contributed by atoms with E-state index in [0.29, 0.717) is 6.92 Å². The first-order valence-electron chi connectivity index (χ1n) is 7.22. The zero-order valence-electron chi connectivity index (χ0n) is 13.7. The number of rotatable bonds is 9. The average molecular weight is 421 g/mol. The highest BCUT2D eigenvalue weighted by Gasteiger charge is 2.50. The van der Waals surface area contributed by atoms with Crippen LogP contribution < -0.4 is 0 Å². The summed E-state index contributed by atoms with van der Waals surface area (Å²) in [6.07, 6.45) is -11.4. The van der Waals surface area contributed by atoms with Crippen LogP contribution in [0.4, 0.5) is 43.9 Å². The molecular weight excluding hydrogens is 404 g/mol. The van der Waals surface area contributed by atoms with Gasteiger partial charge < -0.3 is 0 Å². The fraction of sp³-hybridized carbons (Fsp3) is 0.786. The van der Waals surface area contributed by atoms with Gasteiger partial charge in [-0.05, 0) is 6.92 Å². The third kappa shape index (κ3) is 7.75. The van der Waals surface area contributed by atoms with Gasteiger partial charge in [-0.2, -0.15) is 43.4 Å². The van der Waals surface area contributed by atoms with Crippen molar-refractivity contribution >= 4 is 18.3 Å². The molecule has 0 amide bonds. The molecule has 0 saturated heterocycles. The van der Waals surface area contributed by atoms with Gasteiger partial charge in [-0.15, -0.1) is 0 Å². The summed E-state index contributed by atoms with van der Waals surface area (Å²) < 4.78 is 133. The second kappa shape index (κ2) is 8.83. The summed E-state index contributed by atoms with van der Waals surface area (Å²) in [6, 6.07) is 0. The standard InChI is InChI=1S/C14H17F10NS/c1-3-12(18,19)10(15)8(14(22,23)24)6-9(25-4-5-26)13(20,21)7-11(2,16)17/h26H,3-7H2,1-2H3/b10-8-,25-9?. The molecule has 154 valence electrons. The Morgan fingerprint density at radius 2 is 1.42 bits per heavy atom. The lowest BCUT2D eigenvalue weighted by Gasteiger charge is -2.25. The quantitative estimate of drug-likeness (QED) is 0.256. The second-order valence-corrected chi connectivity index (χ2v) is 5.98. The normalized spacial score (nSPS) is 16.0. The Morgan fingerprint density at radius 3 is 1.77 bits per heavy atom. The number of thiol groups is 1. The van der Waals surface area contributed by atoms with Crippen LogP contribution in [0.15, 0.2) is 16.4 Å². The molecule has 0 radical (unpaired) electrons. The number of hydrogen-bond acceptors (Lipinski definition) is 2. The number of aliphatic imine (C=N–C) groups is 1. The van der Waals surface area contributed by atoms with Crippen molar-refractivity contribution in [2.24, 2.45) is 4.99 Å². The van der Waals surface area contributed by atoms with Crippen molar-refractivity contribution in [1.82, 2.24) is 0 Å². The molecule has 0 fully saturated rings. The van der Waals surface area contributed by atoms with Crippen molar-refractivity contribution in [3.63, 3.8) is 0 Å². The molecule has 0 aliphatic rings. The highest BCUT2D eigenvalue weighted by Crippen LogP contribution is 2.42. The first kappa shape index (κ1) is 25.1. The second-order valence-electron chi connectivity index (χ2n) is 5.53. The van der Waals surface area contributed by atoms with Crippen molar-refractivity contribution in [3.8, 4) is 0 Å². The summed E-state index contributed by atoms with van der Waals surface area (Å²) in [5, 5.41) is 0. The third-order valence-corrected chi connectivity index (χ3v) is 3.27. The zero-order valence-corrected chi connectivity index (χ0v) is 14.6. The van der Waals surface area contributed by atoms with Gasteiger partial charge >= 0.3 is 6.18 Å². The highest BCUT2D eigenvalue weighted by atomic mass is 32.1. The molecule has 0 heterocycles. The minimum atomic E-state index is -5.73. The Bertz CT molecular complexity index is 531. The van der Waals surface area contributed by atoms with Crippen LogP contribution in [0.25, 0.3) is 0 Å². The minimum absolute atomic E-state index is 0.101. The van der Waals surface area contributed by atoms with E-state index in [1.54, 1.807) is 0 Å². The summed E-state index contributed by atoms with van der Waals surface area (Å²) in [4.78, 5) is 3.05. The minimum Gasteiger partial charge on any atom is -0.287 e. The van der Waals surface area contributed by atoms with Gasteiger partial charge in [-0.1, -0.05) is 6.92 Å². The van der Waals surface area contributed by atoms with Gasteiger partial charge in [0.2, 0.25) is 0 Å². The van der Waals surface area contributed by atoms with E-state index in [4.69, 9.17) is 0 Å². The van der Waals surface area contributed by atoms with Crippen molar-refractivity contribution in [2.45, 2.75) is 57.1 Å². The Balaban J connectivity index is 6.18. The first-order chi connectivity index (χ1) is 11.5. The molecule has 26 heavy (non-hydrogen) atoms. The topological polar surface area (TPSA) is 12.4 Å².